The molecule has 128 valence electrons. The van der Waals surface area contributed by atoms with Crippen molar-refractivity contribution in [3.05, 3.63) is 17.0 Å². The molecule has 0 N–H and O–H groups in total. The van der Waals surface area contributed by atoms with E-state index in [4.69, 9.17) is 9.84 Å². The fraction of sp³-hybridized carbons (Fsp3) is 0.778. The van der Waals surface area contributed by atoms with Crippen LogP contribution < -0.4 is 0 Å². The number of fused-ring (bicyclic) bond motifs is 1. The highest BCUT2D eigenvalue weighted by atomic mass is 16.5. The zero-order chi connectivity index (χ0) is 16.8. The fourth-order valence-corrected chi connectivity index (χ4v) is 3.60. The SMILES string of the molecule is CC1(C)CCc2c(c(C(C)(C)C)nn2C(=O)N2CCOCC2)C1. The minimum absolute atomic E-state index is 0.0137. The van der Waals surface area contributed by atoms with Crippen LogP contribution in [0.1, 0.15) is 58.0 Å². The van der Waals surface area contributed by atoms with Crippen LogP contribution in [0.3, 0.4) is 0 Å². The molecule has 0 bridgehead atoms. The standard InChI is InChI=1S/C18H29N3O2/c1-17(2,3)15-13-12-18(4,5)7-6-14(13)21(19-15)16(22)20-8-10-23-11-9-20/h6-12H2,1-5H3. The van der Waals surface area contributed by atoms with E-state index < -0.39 is 0 Å². The average Bonchev–Trinajstić information content (AvgIpc) is 2.84. The molecule has 1 fully saturated rings. The van der Waals surface area contributed by atoms with Crippen molar-refractivity contribution in [2.45, 2.75) is 59.3 Å². The molecule has 5 nitrogen and oxygen atoms in total. The average molecular weight is 319 g/mol. The third-order valence-electron chi connectivity index (χ3n) is 4.96. The van der Waals surface area contributed by atoms with Gasteiger partial charge in [0.05, 0.1) is 24.6 Å². The summed E-state index contributed by atoms with van der Waals surface area (Å²) in [6, 6.07) is 0.0137. The molecule has 1 aromatic rings. The van der Waals surface area contributed by atoms with E-state index in [9.17, 15) is 4.79 Å². The molecule has 1 saturated heterocycles. The van der Waals surface area contributed by atoms with Crippen molar-refractivity contribution in [2.75, 3.05) is 26.3 Å². The predicted octanol–water partition coefficient (Wildman–Crippen LogP) is 3.00. The number of rotatable bonds is 0. The van der Waals surface area contributed by atoms with Crippen LogP contribution in [-0.4, -0.2) is 47.0 Å². The van der Waals surface area contributed by atoms with Gasteiger partial charge in [0.15, 0.2) is 0 Å². The molecule has 2 heterocycles. The summed E-state index contributed by atoms with van der Waals surface area (Å²) < 4.78 is 7.05. The second kappa shape index (κ2) is 5.62. The molecule has 1 aliphatic heterocycles. The zero-order valence-electron chi connectivity index (χ0n) is 15.1. The van der Waals surface area contributed by atoms with Crippen LogP contribution in [0.25, 0.3) is 0 Å². The Labute approximate surface area is 139 Å². The molecule has 0 atom stereocenters. The van der Waals surface area contributed by atoms with Gasteiger partial charge in [-0.15, -0.1) is 0 Å². The van der Waals surface area contributed by atoms with E-state index in [2.05, 4.69) is 34.6 Å². The molecule has 1 aliphatic carbocycles. The topological polar surface area (TPSA) is 47.4 Å². The number of amides is 1. The maximum absolute atomic E-state index is 12.9. The molecule has 0 unspecified atom stereocenters. The minimum atomic E-state index is -0.0476. The number of nitrogens with zero attached hydrogens (tertiary/aromatic N) is 3. The van der Waals surface area contributed by atoms with Crippen molar-refractivity contribution < 1.29 is 9.53 Å². The van der Waals surface area contributed by atoms with Crippen LogP contribution in [0.4, 0.5) is 4.79 Å². The number of aromatic nitrogens is 2. The second-order valence-electron chi connectivity index (χ2n) is 8.66. The molecule has 5 heteroatoms. The molecular weight excluding hydrogens is 290 g/mol. The fourth-order valence-electron chi connectivity index (χ4n) is 3.60. The number of hydrogen-bond donors (Lipinski definition) is 0. The number of hydrogen-bond acceptors (Lipinski definition) is 3. The highest BCUT2D eigenvalue weighted by Crippen LogP contribution is 2.39. The van der Waals surface area contributed by atoms with Gasteiger partial charge in [0.2, 0.25) is 0 Å². The third-order valence-corrected chi connectivity index (χ3v) is 4.96. The summed E-state index contributed by atoms with van der Waals surface area (Å²) in [6.07, 6.45) is 3.04. The van der Waals surface area contributed by atoms with Crippen molar-refractivity contribution in [1.29, 1.82) is 0 Å². The molecular formula is C18H29N3O2. The van der Waals surface area contributed by atoms with Crippen LogP contribution in [-0.2, 0) is 23.0 Å². The summed E-state index contributed by atoms with van der Waals surface area (Å²) in [5.41, 5.74) is 3.75. The Kier molecular flexibility index (Phi) is 4.03. The van der Waals surface area contributed by atoms with E-state index in [1.807, 2.05) is 4.90 Å². The molecule has 1 aromatic heterocycles. The van der Waals surface area contributed by atoms with E-state index in [0.29, 0.717) is 26.3 Å². The predicted molar refractivity (Wildman–Crippen MR) is 89.9 cm³/mol. The van der Waals surface area contributed by atoms with Crippen LogP contribution >= 0.6 is 0 Å². The lowest BCUT2D eigenvalue weighted by atomic mass is 9.73. The largest absolute Gasteiger partial charge is 0.378 e. The van der Waals surface area contributed by atoms with Crippen molar-refractivity contribution in [3.63, 3.8) is 0 Å². The Morgan fingerprint density at radius 2 is 1.87 bits per heavy atom. The third kappa shape index (κ3) is 3.16. The van der Waals surface area contributed by atoms with Gasteiger partial charge in [0, 0.05) is 18.5 Å². The van der Waals surface area contributed by atoms with Gasteiger partial charge in [0.25, 0.3) is 0 Å². The lowest BCUT2D eigenvalue weighted by Gasteiger charge is -2.32. The smallest absolute Gasteiger partial charge is 0.345 e. The molecule has 0 saturated carbocycles. The maximum atomic E-state index is 12.9. The van der Waals surface area contributed by atoms with E-state index >= 15 is 0 Å². The molecule has 0 radical (unpaired) electrons. The van der Waals surface area contributed by atoms with Crippen LogP contribution in [0, 0.1) is 5.41 Å². The van der Waals surface area contributed by atoms with Crippen molar-refractivity contribution >= 4 is 6.03 Å². The Morgan fingerprint density at radius 3 is 2.48 bits per heavy atom. The second-order valence-corrected chi connectivity index (χ2v) is 8.66. The molecule has 0 spiro atoms. The molecule has 1 amide bonds. The van der Waals surface area contributed by atoms with Gasteiger partial charge in [-0.2, -0.15) is 9.78 Å². The summed E-state index contributed by atoms with van der Waals surface area (Å²) in [5, 5.41) is 4.79. The van der Waals surface area contributed by atoms with Gasteiger partial charge in [-0.1, -0.05) is 34.6 Å². The van der Waals surface area contributed by atoms with Gasteiger partial charge in [-0.25, -0.2) is 4.79 Å². The lowest BCUT2D eigenvalue weighted by Crippen LogP contribution is -2.44. The quantitative estimate of drug-likeness (QED) is 0.738. The van der Waals surface area contributed by atoms with Crippen LogP contribution in [0.5, 0.6) is 0 Å². The highest BCUT2D eigenvalue weighted by molar-refractivity contribution is 5.77. The van der Waals surface area contributed by atoms with Gasteiger partial charge in [0.1, 0.15) is 0 Å². The van der Waals surface area contributed by atoms with Crippen LogP contribution in [0.2, 0.25) is 0 Å². The maximum Gasteiger partial charge on any atom is 0.345 e. The van der Waals surface area contributed by atoms with Crippen molar-refractivity contribution in [1.82, 2.24) is 14.7 Å². The minimum Gasteiger partial charge on any atom is -0.378 e. The van der Waals surface area contributed by atoms with Crippen molar-refractivity contribution in [2.24, 2.45) is 5.41 Å². The Bertz CT molecular complexity index is 605. The molecule has 0 aromatic carbocycles. The summed E-state index contributed by atoms with van der Waals surface area (Å²) >= 11 is 0. The first-order valence-electron chi connectivity index (χ1n) is 8.67. The first kappa shape index (κ1) is 16.5. The van der Waals surface area contributed by atoms with Gasteiger partial charge in [-0.3, -0.25) is 0 Å². The summed E-state index contributed by atoms with van der Waals surface area (Å²) in [4.78, 5) is 14.8. The lowest BCUT2D eigenvalue weighted by molar-refractivity contribution is 0.0526. The van der Waals surface area contributed by atoms with Gasteiger partial charge >= 0.3 is 6.03 Å². The first-order valence-corrected chi connectivity index (χ1v) is 8.67. The van der Waals surface area contributed by atoms with E-state index in [-0.39, 0.29) is 16.9 Å². The summed E-state index contributed by atoms with van der Waals surface area (Å²) in [6.45, 7) is 13.7. The monoisotopic (exact) mass is 319 g/mol. The number of morpholine rings is 1. The Morgan fingerprint density at radius 1 is 1.22 bits per heavy atom. The van der Waals surface area contributed by atoms with Crippen molar-refractivity contribution in [3.8, 4) is 0 Å². The number of carbonyl (C=O) groups is 1. The van der Waals surface area contributed by atoms with E-state index in [1.165, 1.54) is 5.56 Å². The van der Waals surface area contributed by atoms with E-state index in [0.717, 1.165) is 30.7 Å². The molecule has 3 rings (SSSR count). The molecule has 23 heavy (non-hydrogen) atoms. The van der Waals surface area contributed by atoms with Crippen LogP contribution in [0.15, 0.2) is 0 Å². The van der Waals surface area contributed by atoms with Gasteiger partial charge in [-0.05, 0) is 30.2 Å². The first-order chi connectivity index (χ1) is 10.7. The zero-order valence-corrected chi connectivity index (χ0v) is 15.1. The Hall–Kier alpha value is -1.36. The number of ether oxygens (including phenoxy) is 1. The summed E-state index contributed by atoms with van der Waals surface area (Å²) in [7, 11) is 0. The number of carbonyl (C=O) groups excluding carboxylic acids is 1. The highest BCUT2D eigenvalue weighted by Gasteiger charge is 2.36. The Balaban J connectivity index is 2.01. The van der Waals surface area contributed by atoms with Gasteiger partial charge < -0.3 is 9.64 Å². The normalized spacial score (nSPS) is 21.2. The summed E-state index contributed by atoms with van der Waals surface area (Å²) in [5.74, 6) is 0. The molecule has 2 aliphatic rings. The van der Waals surface area contributed by atoms with E-state index in [1.54, 1.807) is 4.68 Å².